The van der Waals surface area contributed by atoms with Crippen LogP contribution in [0.1, 0.15) is 112 Å². The van der Waals surface area contributed by atoms with E-state index < -0.39 is 23.3 Å². The normalized spacial score (nSPS) is 54.2. The third-order valence-electron chi connectivity index (χ3n) is 15.0. The fraction of sp³-hybridized carbons (Fsp3) is 0.909. The molecule has 6 aliphatic carbocycles. The first kappa shape index (κ1) is 27.6. The number of hydrogen-bond acceptors (Lipinski definition) is 4. The van der Waals surface area contributed by atoms with Crippen LogP contribution in [0, 0.1) is 69.0 Å². The number of carbonyl (C=O) groups is 3. The van der Waals surface area contributed by atoms with Crippen LogP contribution in [0.25, 0.3) is 0 Å². The highest BCUT2D eigenvalue weighted by molar-refractivity contribution is 5.80. The average molecular weight is 543 g/mol. The molecular formula is C33H50O6. The molecule has 13 unspecified atom stereocenters. The quantitative estimate of drug-likeness (QED) is 0.379. The van der Waals surface area contributed by atoms with Crippen molar-refractivity contribution in [3.8, 4) is 0 Å². The Kier molecular flexibility index (Phi) is 6.33. The molecule has 2 N–H and O–H groups in total. The van der Waals surface area contributed by atoms with Gasteiger partial charge in [-0.2, -0.15) is 0 Å². The Morgan fingerprint density at radius 3 is 2.13 bits per heavy atom. The molecule has 0 aromatic heterocycles. The van der Waals surface area contributed by atoms with Crippen molar-refractivity contribution in [2.75, 3.05) is 0 Å². The number of hydrogen-bond donors (Lipinski definition) is 2. The minimum absolute atomic E-state index is 0.0766. The van der Waals surface area contributed by atoms with Crippen LogP contribution >= 0.6 is 0 Å². The topological polar surface area (TPSA) is 101 Å². The second-order valence-corrected chi connectivity index (χ2v) is 15.7. The lowest BCUT2D eigenvalue weighted by atomic mass is 9.33. The van der Waals surface area contributed by atoms with Crippen molar-refractivity contribution in [3.05, 3.63) is 0 Å². The largest absolute Gasteiger partial charge is 0.481 e. The molecule has 218 valence electrons. The standard InChI is InChI=1S/C33H50O6/c1-18-20(27(34)35)17-21(18)28(36)39-25-11-13-30(3)22(19(25)2)10-14-32(5)26(30)9-8-23-24-7-6-12-33(24,29(37)38)16-15-31(23,32)4/h18-26H,6-17H2,1-5H3,(H,34,35)(H,37,38). The average Bonchev–Trinajstić information content (AvgIpc) is 3.31. The van der Waals surface area contributed by atoms with Crippen molar-refractivity contribution in [1.82, 2.24) is 0 Å². The summed E-state index contributed by atoms with van der Waals surface area (Å²) in [7, 11) is 0. The van der Waals surface area contributed by atoms with Crippen LogP contribution in [0.15, 0.2) is 0 Å². The van der Waals surface area contributed by atoms with Gasteiger partial charge in [-0.05, 0) is 122 Å². The number of carboxylic acids is 2. The molecule has 6 saturated carbocycles. The maximum absolute atomic E-state index is 13.0. The lowest BCUT2D eigenvalue weighted by molar-refractivity contribution is -0.237. The van der Waals surface area contributed by atoms with Gasteiger partial charge in [0.25, 0.3) is 0 Å². The van der Waals surface area contributed by atoms with E-state index in [0.717, 1.165) is 57.8 Å². The molecule has 0 spiro atoms. The summed E-state index contributed by atoms with van der Waals surface area (Å²) in [5.41, 5.74) is 0.127. The zero-order valence-corrected chi connectivity index (χ0v) is 24.7. The lowest BCUT2D eigenvalue weighted by Gasteiger charge is -2.71. The maximum Gasteiger partial charge on any atom is 0.309 e. The van der Waals surface area contributed by atoms with Crippen LogP contribution in [0.3, 0.4) is 0 Å². The van der Waals surface area contributed by atoms with Crippen LogP contribution in [-0.2, 0) is 19.1 Å². The van der Waals surface area contributed by atoms with Gasteiger partial charge in [-0.1, -0.05) is 41.0 Å². The molecule has 0 aromatic rings. The second-order valence-electron chi connectivity index (χ2n) is 15.7. The Labute approximate surface area is 234 Å². The van der Waals surface area contributed by atoms with E-state index in [1.807, 2.05) is 6.92 Å². The second kappa shape index (κ2) is 8.95. The molecule has 0 bridgehead atoms. The van der Waals surface area contributed by atoms with Crippen molar-refractivity contribution in [1.29, 1.82) is 0 Å². The summed E-state index contributed by atoms with van der Waals surface area (Å²) in [6.45, 7) is 11.8. The minimum Gasteiger partial charge on any atom is -0.481 e. The molecule has 0 saturated heterocycles. The lowest BCUT2D eigenvalue weighted by Crippen LogP contribution is -2.65. The molecule has 0 heterocycles. The van der Waals surface area contributed by atoms with Gasteiger partial charge in [0.05, 0.1) is 17.3 Å². The predicted octanol–water partition coefficient (Wildman–Crippen LogP) is 6.80. The van der Waals surface area contributed by atoms with Crippen molar-refractivity contribution in [2.24, 2.45) is 69.0 Å². The molecular weight excluding hydrogens is 492 g/mol. The van der Waals surface area contributed by atoms with E-state index in [-0.39, 0.29) is 40.2 Å². The van der Waals surface area contributed by atoms with E-state index in [0.29, 0.717) is 36.0 Å². The fourth-order valence-corrected chi connectivity index (χ4v) is 12.4. The monoisotopic (exact) mass is 542 g/mol. The molecule has 0 amide bonds. The summed E-state index contributed by atoms with van der Waals surface area (Å²) in [4.78, 5) is 37.0. The molecule has 13 atom stereocenters. The Balaban J connectivity index is 1.19. The van der Waals surface area contributed by atoms with Gasteiger partial charge in [0.1, 0.15) is 6.10 Å². The number of carboxylic acid groups (broad SMARTS) is 2. The highest BCUT2D eigenvalue weighted by Gasteiger charge is 2.70. The van der Waals surface area contributed by atoms with Gasteiger partial charge < -0.3 is 14.9 Å². The zero-order valence-electron chi connectivity index (χ0n) is 24.7. The van der Waals surface area contributed by atoms with Crippen molar-refractivity contribution >= 4 is 17.9 Å². The molecule has 0 aromatic carbocycles. The SMILES string of the molecule is CC1C(C(=O)O)CC1C(=O)OC1CCC2(C)C(CCC3(C)C2CCC2C4CCCC4(C(=O)O)CCC23C)C1C. The molecule has 0 radical (unpaired) electrons. The van der Waals surface area contributed by atoms with Gasteiger partial charge in [0, 0.05) is 0 Å². The van der Waals surface area contributed by atoms with E-state index in [1.165, 1.54) is 12.8 Å². The highest BCUT2D eigenvalue weighted by atomic mass is 16.5. The number of fused-ring (bicyclic) bond motifs is 7. The van der Waals surface area contributed by atoms with E-state index in [9.17, 15) is 24.6 Å². The summed E-state index contributed by atoms with van der Waals surface area (Å²) >= 11 is 0. The van der Waals surface area contributed by atoms with Crippen LogP contribution in [0.2, 0.25) is 0 Å². The summed E-state index contributed by atoms with van der Waals surface area (Å²) in [6.07, 6.45) is 11.9. The predicted molar refractivity (Wildman–Crippen MR) is 147 cm³/mol. The number of ether oxygens (including phenoxy) is 1. The van der Waals surface area contributed by atoms with Gasteiger partial charge in [-0.15, -0.1) is 0 Å². The van der Waals surface area contributed by atoms with E-state index in [1.54, 1.807) is 0 Å². The van der Waals surface area contributed by atoms with E-state index in [4.69, 9.17) is 4.74 Å². The molecule has 6 fully saturated rings. The van der Waals surface area contributed by atoms with Gasteiger partial charge in [0.2, 0.25) is 0 Å². The smallest absolute Gasteiger partial charge is 0.309 e. The summed E-state index contributed by atoms with van der Waals surface area (Å²) in [5.74, 6) is -0.103. The molecule has 6 rings (SSSR count). The van der Waals surface area contributed by atoms with Gasteiger partial charge >= 0.3 is 17.9 Å². The maximum atomic E-state index is 13.0. The van der Waals surface area contributed by atoms with Gasteiger partial charge in [-0.25, -0.2) is 0 Å². The number of esters is 1. The van der Waals surface area contributed by atoms with E-state index in [2.05, 4.69) is 27.7 Å². The van der Waals surface area contributed by atoms with E-state index >= 15 is 0 Å². The molecule has 0 aliphatic heterocycles. The van der Waals surface area contributed by atoms with Gasteiger partial charge in [-0.3, -0.25) is 14.4 Å². The number of rotatable bonds is 4. The Bertz CT molecular complexity index is 1050. The molecule has 39 heavy (non-hydrogen) atoms. The third-order valence-corrected chi connectivity index (χ3v) is 15.0. The van der Waals surface area contributed by atoms with Crippen LogP contribution in [-0.4, -0.2) is 34.2 Å². The molecule has 6 aliphatic rings. The van der Waals surface area contributed by atoms with Crippen molar-refractivity contribution < 1.29 is 29.3 Å². The third kappa shape index (κ3) is 3.54. The molecule has 6 nitrogen and oxygen atoms in total. The summed E-state index contributed by atoms with van der Waals surface area (Å²) in [6, 6.07) is 0. The Hall–Kier alpha value is -1.59. The molecule has 6 heteroatoms. The number of aliphatic carboxylic acids is 2. The first-order valence-corrected chi connectivity index (χ1v) is 16.0. The van der Waals surface area contributed by atoms with Crippen LogP contribution in [0.4, 0.5) is 0 Å². The Morgan fingerprint density at radius 1 is 0.718 bits per heavy atom. The number of carbonyl (C=O) groups excluding carboxylic acids is 1. The van der Waals surface area contributed by atoms with Crippen LogP contribution < -0.4 is 0 Å². The highest BCUT2D eigenvalue weighted by Crippen LogP contribution is 2.76. The minimum atomic E-state index is -0.804. The zero-order chi connectivity index (χ0) is 28.1. The summed E-state index contributed by atoms with van der Waals surface area (Å²) in [5, 5.41) is 19.7. The van der Waals surface area contributed by atoms with Crippen LogP contribution in [0.5, 0.6) is 0 Å². The van der Waals surface area contributed by atoms with Crippen molar-refractivity contribution in [2.45, 2.75) is 118 Å². The van der Waals surface area contributed by atoms with Gasteiger partial charge in [0.15, 0.2) is 0 Å². The van der Waals surface area contributed by atoms with Crippen molar-refractivity contribution in [3.63, 3.8) is 0 Å². The fourth-order valence-electron chi connectivity index (χ4n) is 12.4. The summed E-state index contributed by atoms with van der Waals surface area (Å²) < 4.78 is 6.16. The first-order valence-electron chi connectivity index (χ1n) is 16.0. The first-order chi connectivity index (χ1) is 18.3. The Morgan fingerprint density at radius 2 is 1.46 bits per heavy atom.